The zero-order valence-corrected chi connectivity index (χ0v) is 12.0. The van der Waals surface area contributed by atoms with E-state index < -0.39 is 0 Å². The minimum atomic E-state index is 1.18. The van der Waals surface area contributed by atoms with Gasteiger partial charge >= 0.3 is 0 Å². The summed E-state index contributed by atoms with van der Waals surface area (Å²) >= 11 is 0. The summed E-state index contributed by atoms with van der Waals surface area (Å²) in [6, 6.07) is 31.6. The van der Waals surface area contributed by atoms with E-state index in [0.717, 1.165) is 0 Å². The predicted molar refractivity (Wildman–Crippen MR) is 95.3 cm³/mol. The topological polar surface area (TPSA) is 0 Å². The van der Waals surface area contributed by atoms with Gasteiger partial charge in [-0.1, -0.05) is 54.6 Å². The minimum absolute atomic E-state index is 1.18. The maximum atomic E-state index is 3.34. The van der Waals surface area contributed by atoms with Gasteiger partial charge in [0.25, 0.3) is 0 Å². The van der Waals surface area contributed by atoms with Crippen molar-refractivity contribution in [1.29, 1.82) is 0 Å². The summed E-state index contributed by atoms with van der Waals surface area (Å²) < 4.78 is 0. The van der Waals surface area contributed by atoms with Crippen molar-refractivity contribution in [2.75, 3.05) is 0 Å². The van der Waals surface area contributed by atoms with Crippen LogP contribution in [0.15, 0.2) is 78.9 Å². The number of fused-ring (bicyclic) bond motifs is 5. The summed E-state index contributed by atoms with van der Waals surface area (Å²) in [4.78, 5) is 0. The Hall–Kier alpha value is -2.86. The fourth-order valence-electron chi connectivity index (χ4n) is 3.37. The van der Waals surface area contributed by atoms with Gasteiger partial charge in [-0.2, -0.15) is 0 Å². The molecule has 1 radical (unpaired) electrons. The molecular weight excluding hydrogens is 264 g/mol. The van der Waals surface area contributed by atoms with E-state index in [4.69, 9.17) is 0 Å². The Morgan fingerprint density at radius 2 is 1.14 bits per heavy atom. The second kappa shape index (κ2) is 4.32. The van der Waals surface area contributed by atoms with E-state index in [1.54, 1.807) is 0 Å². The van der Waals surface area contributed by atoms with Crippen LogP contribution < -0.4 is 0 Å². The zero-order chi connectivity index (χ0) is 14.5. The molecule has 0 aliphatic rings. The number of hydrogen-bond donors (Lipinski definition) is 0. The molecular formula is C22H13. The minimum Gasteiger partial charge on any atom is -0.0616 e. The molecule has 101 valence electrons. The molecule has 5 aromatic carbocycles. The maximum absolute atomic E-state index is 3.34. The first-order valence-corrected chi connectivity index (χ1v) is 7.54. The second-order valence-corrected chi connectivity index (χ2v) is 5.82. The molecule has 0 spiro atoms. The first kappa shape index (κ1) is 11.8. The quantitative estimate of drug-likeness (QED) is 0.237. The average molecular weight is 277 g/mol. The van der Waals surface area contributed by atoms with Gasteiger partial charge in [-0.25, -0.2) is 0 Å². The third-order valence-electron chi connectivity index (χ3n) is 4.48. The van der Waals surface area contributed by atoms with E-state index >= 15 is 0 Å². The van der Waals surface area contributed by atoms with E-state index in [-0.39, 0.29) is 0 Å². The summed E-state index contributed by atoms with van der Waals surface area (Å²) in [5.41, 5.74) is 0. The fourth-order valence-corrected chi connectivity index (χ4v) is 3.37. The van der Waals surface area contributed by atoms with Crippen molar-refractivity contribution in [3.05, 3.63) is 84.9 Å². The van der Waals surface area contributed by atoms with Crippen LogP contribution in [0, 0.1) is 6.07 Å². The Balaban J connectivity index is 2.00. The van der Waals surface area contributed by atoms with Gasteiger partial charge < -0.3 is 0 Å². The molecule has 0 aromatic heterocycles. The van der Waals surface area contributed by atoms with Crippen LogP contribution >= 0.6 is 0 Å². The van der Waals surface area contributed by atoms with Crippen molar-refractivity contribution in [1.82, 2.24) is 0 Å². The van der Waals surface area contributed by atoms with Gasteiger partial charge in [-0.05, 0) is 73.4 Å². The van der Waals surface area contributed by atoms with Crippen molar-refractivity contribution in [3.63, 3.8) is 0 Å². The number of hydrogen-bond acceptors (Lipinski definition) is 0. The Morgan fingerprint density at radius 3 is 1.95 bits per heavy atom. The van der Waals surface area contributed by atoms with Crippen molar-refractivity contribution in [3.8, 4) is 0 Å². The third-order valence-corrected chi connectivity index (χ3v) is 4.48. The molecule has 0 heterocycles. The van der Waals surface area contributed by atoms with Crippen molar-refractivity contribution >= 4 is 43.1 Å². The molecule has 5 rings (SSSR count). The second-order valence-electron chi connectivity index (χ2n) is 5.82. The normalized spacial score (nSPS) is 11.6. The standard InChI is InChI=1S/C22H13/c1-3-7-17-13-21-19(11-15(17)5-1)9-10-20-12-16-6-2-4-8-18(16)14-22(20)21/h1-7,9-14H. The van der Waals surface area contributed by atoms with Crippen molar-refractivity contribution < 1.29 is 0 Å². The smallest absolute Gasteiger partial charge is 0.00986 e. The molecule has 0 saturated carbocycles. The first-order valence-electron chi connectivity index (χ1n) is 7.54. The molecule has 0 atom stereocenters. The van der Waals surface area contributed by atoms with E-state index in [2.05, 4.69) is 72.8 Å². The van der Waals surface area contributed by atoms with E-state index in [1.807, 2.05) is 12.1 Å². The van der Waals surface area contributed by atoms with Crippen molar-refractivity contribution in [2.24, 2.45) is 0 Å². The van der Waals surface area contributed by atoms with Crippen LogP contribution in [0.2, 0.25) is 0 Å². The molecule has 0 unspecified atom stereocenters. The van der Waals surface area contributed by atoms with Crippen molar-refractivity contribution in [2.45, 2.75) is 0 Å². The molecule has 0 nitrogen and oxygen atoms in total. The van der Waals surface area contributed by atoms with Crippen LogP contribution in [0.3, 0.4) is 0 Å². The molecule has 0 saturated heterocycles. The van der Waals surface area contributed by atoms with E-state index in [1.165, 1.54) is 43.1 Å². The highest BCUT2D eigenvalue weighted by Gasteiger charge is 2.04. The lowest BCUT2D eigenvalue weighted by molar-refractivity contribution is 1.77. The van der Waals surface area contributed by atoms with Gasteiger partial charge in [-0.3, -0.25) is 0 Å². The summed E-state index contributed by atoms with van der Waals surface area (Å²) in [6.07, 6.45) is 0. The number of benzene rings is 5. The average Bonchev–Trinajstić information content (AvgIpc) is 2.58. The molecule has 0 aliphatic heterocycles. The Morgan fingerprint density at radius 1 is 0.500 bits per heavy atom. The third kappa shape index (κ3) is 1.64. The molecule has 0 N–H and O–H groups in total. The van der Waals surface area contributed by atoms with Gasteiger partial charge in [-0.15, -0.1) is 0 Å². The summed E-state index contributed by atoms with van der Waals surface area (Å²) in [5.74, 6) is 0. The van der Waals surface area contributed by atoms with Crippen LogP contribution in [0.5, 0.6) is 0 Å². The highest BCUT2D eigenvalue weighted by Crippen LogP contribution is 2.31. The van der Waals surface area contributed by atoms with Crippen LogP contribution in [0.25, 0.3) is 43.1 Å². The maximum Gasteiger partial charge on any atom is -0.00986 e. The summed E-state index contributed by atoms with van der Waals surface area (Å²) in [5, 5.41) is 10.2. The van der Waals surface area contributed by atoms with E-state index in [9.17, 15) is 0 Å². The van der Waals surface area contributed by atoms with E-state index in [0.29, 0.717) is 0 Å². The molecule has 0 heteroatoms. The zero-order valence-electron chi connectivity index (χ0n) is 12.0. The van der Waals surface area contributed by atoms with Gasteiger partial charge in [0, 0.05) is 0 Å². The van der Waals surface area contributed by atoms with Gasteiger partial charge in [0.1, 0.15) is 0 Å². The van der Waals surface area contributed by atoms with Gasteiger partial charge in [0.15, 0.2) is 0 Å². The molecule has 0 bridgehead atoms. The van der Waals surface area contributed by atoms with Crippen LogP contribution in [0.4, 0.5) is 0 Å². The summed E-state index contributed by atoms with van der Waals surface area (Å²) in [6.45, 7) is 0. The molecule has 22 heavy (non-hydrogen) atoms. The van der Waals surface area contributed by atoms with Gasteiger partial charge in [0.05, 0.1) is 0 Å². The molecule has 5 aromatic rings. The fraction of sp³-hybridized carbons (Fsp3) is 0. The lowest BCUT2D eigenvalue weighted by Gasteiger charge is -2.08. The predicted octanol–water partition coefficient (Wildman–Crippen LogP) is 6.10. The highest BCUT2D eigenvalue weighted by molar-refractivity contribution is 6.15. The molecule has 0 fully saturated rings. The highest BCUT2D eigenvalue weighted by atomic mass is 14.1. The Kier molecular flexibility index (Phi) is 2.31. The van der Waals surface area contributed by atoms with Crippen LogP contribution in [-0.4, -0.2) is 0 Å². The lowest BCUT2D eigenvalue weighted by Crippen LogP contribution is -1.81. The van der Waals surface area contributed by atoms with Crippen LogP contribution in [-0.2, 0) is 0 Å². The van der Waals surface area contributed by atoms with Gasteiger partial charge in [0.2, 0.25) is 0 Å². The Bertz CT molecular complexity index is 1070. The largest absolute Gasteiger partial charge is 0.0616 e. The molecule has 0 amide bonds. The Labute approximate surface area is 128 Å². The first-order chi connectivity index (χ1) is 10.9. The number of rotatable bonds is 0. The lowest BCUT2D eigenvalue weighted by atomic mass is 9.96. The van der Waals surface area contributed by atoms with Crippen LogP contribution in [0.1, 0.15) is 0 Å². The SMILES string of the molecule is [c]1cccc2cc3ccc4cc5ccccc5cc4c3cc12. The summed E-state index contributed by atoms with van der Waals surface area (Å²) in [7, 11) is 0. The monoisotopic (exact) mass is 277 g/mol. The molecule has 0 aliphatic carbocycles.